The number of benzene rings is 1. The first-order chi connectivity index (χ1) is 12.8. The van der Waals surface area contributed by atoms with Crippen molar-refractivity contribution in [1.82, 2.24) is 4.98 Å². The minimum Gasteiger partial charge on any atom is -0.478 e. The zero-order chi connectivity index (χ0) is 21.4. The number of carboxylic acid groups (broad SMARTS) is 2. The van der Waals surface area contributed by atoms with Gasteiger partial charge in [-0.3, -0.25) is 14.9 Å². The highest BCUT2D eigenvalue weighted by Gasteiger charge is 2.35. The number of nitrogens with one attached hydrogen (secondary N) is 1. The maximum Gasteiger partial charge on any atom is 0.573 e. The molecule has 2 rings (SSSR count). The lowest BCUT2D eigenvalue weighted by Crippen LogP contribution is -2.24. The lowest BCUT2D eigenvalue weighted by molar-refractivity contribution is -0.388. The van der Waals surface area contributed by atoms with E-state index in [1.165, 1.54) is 0 Å². The number of hydrogen-bond acceptors (Lipinski definition) is 7. The van der Waals surface area contributed by atoms with Crippen LogP contribution in [0.2, 0.25) is 0 Å². The molecule has 0 atom stereocenters. The molecule has 0 aliphatic rings. The molecule has 0 saturated heterocycles. The highest BCUT2D eigenvalue weighted by molar-refractivity contribution is 6.07. The number of hydrogen-bond donors (Lipinski definition) is 4. The van der Waals surface area contributed by atoms with Gasteiger partial charge in [-0.1, -0.05) is 6.07 Å². The first-order valence-corrected chi connectivity index (χ1v) is 6.90. The van der Waals surface area contributed by atoms with Gasteiger partial charge in [0.05, 0.1) is 4.92 Å². The number of aromatic nitrogens is 1. The number of carbonyl (C=O) groups is 2. The third-order valence-electron chi connectivity index (χ3n) is 3.34. The first kappa shape index (κ1) is 20.2. The summed E-state index contributed by atoms with van der Waals surface area (Å²) in [5, 5.41) is 29.6. The molecule has 1 heterocycles. The van der Waals surface area contributed by atoms with Crippen LogP contribution in [0, 0.1) is 10.1 Å². The van der Waals surface area contributed by atoms with Gasteiger partial charge in [-0.25, -0.2) is 9.59 Å². The van der Waals surface area contributed by atoms with Crippen molar-refractivity contribution in [2.75, 3.05) is 5.73 Å². The molecule has 148 valence electrons. The van der Waals surface area contributed by atoms with Crippen molar-refractivity contribution in [1.29, 1.82) is 0 Å². The number of aromatic carboxylic acids is 2. The van der Waals surface area contributed by atoms with E-state index < -0.39 is 68.3 Å². The second-order valence-corrected chi connectivity index (χ2v) is 5.09. The average molecular weight is 403 g/mol. The molecular formula is C14H8F3N3O8. The molecule has 28 heavy (non-hydrogen) atoms. The van der Waals surface area contributed by atoms with Crippen molar-refractivity contribution in [3.05, 3.63) is 49.8 Å². The summed E-state index contributed by atoms with van der Waals surface area (Å²) in [5.74, 6) is -5.66. The summed E-state index contributed by atoms with van der Waals surface area (Å²) in [4.78, 5) is 46.4. The Morgan fingerprint density at radius 1 is 1.18 bits per heavy atom. The van der Waals surface area contributed by atoms with Crippen LogP contribution >= 0.6 is 0 Å². The number of nitro benzene ring substituents is 1. The second kappa shape index (κ2) is 6.90. The number of nitro groups is 1. The molecular weight excluding hydrogens is 395 g/mol. The topological polar surface area (TPSA) is 186 Å². The Morgan fingerprint density at radius 2 is 1.75 bits per heavy atom. The van der Waals surface area contributed by atoms with Crippen LogP contribution in [0.15, 0.2) is 23.0 Å². The smallest absolute Gasteiger partial charge is 0.478 e. The number of anilines is 1. The van der Waals surface area contributed by atoms with Gasteiger partial charge in [0.15, 0.2) is 0 Å². The van der Waals surface area contributed by atoms with Crippen LogP contribution < -0.4 is 16.0 Å². The summed E-state index contributed by atoms with van der Waals surface area (Å²) >= 11 is 0. The third kappa shape index (κ3) is 3.84. The van der Waals surface area contributed by atoms with Crippen molar-refractivity contribution in [2.45, 2.75) is 6.36 Å². The first-order valence-electron chi connectivity index (χ1n) is 6.90. The molecule has 0 radical (unpaired) electrons. The quantitative estimate of drug-likeness (QED) is 0.427. The zero-order valence-corrected chi connectivity index (χ0v) is 13.2. The second-order valence-electron chi connectivity index (χ2n) is 5.09. The van der Waals surface area contributed by atoms with Gasteiger partial charge in [-0.15, -0.1) is 13.2 Å². The molecule has 0 unspecified atom stereocenters. The largest absolute Gasteiger partial charge is 0.573 e. The molecule has 14 heteroatoms. The number of ether oxygens (including phenoxy) is 1. The fourth-order valence-corrected chi connectivity index (χ4v) is 2.36. The molecule has 1 aromatic heterocycles. The predicted molar refractivity (Wildman–Crippen MR) is 84.2 cm³/mol. The van der Waals surface area contributed by atoms with E-state index in [1.54, 1.807) is 0 Å². The van der Waals surface area contributed by atoms with E-state index >= 15 is 0 Å². The van der Waals surface area contributed by atoms with E-state index in [2.05, 4.69) is 4.74 Å². The lowest BCUT2D eigenvalue weighted by atomic mass is 9.95. The van der Waals surface area contributed by atoms with E-state index in [0.717, 1.165) is 6.07 Å². The molecule has 5 N–H and O–H groups in total. The van der Waals surface area contributed by atoms with Gasteiger partial charge in [0, 0.05) is 11.6 Å². The molecule has 0 aliphatic carbocycles. The number of alkyl halides is 3. The van der Waals surface area contributed by atoms with Gasteiger partial charge < -0.3 is 25.7 Å². The van der Waals surface area contributed by atoms with Crippen LogP contribution in [0.5, 0.6) is 5.75 Å². The Bertz CT molecular complexity index is 1060. The van der Waals surface area contributed by atoms with Crippen molar-refractivity contribution in [3.63, 3.8) is 0 Å². The van der Waals surface area contributed by atoms with E-state index in [-0.39, 0.29) is 0 Å². The maximum absolute atomic E-state index is 12.4. The summed E-state index contributed by atoms with van der Waals surface area (Å²) in [6.45, 7) is 0. The Labute approximate surface area is 150 Å². The summed E-state index contributed by atoms with van der Waals surface area (Å²) in [6, 6.07) is 1.64. The van der Waals surface area contributed by atoms with Gasteiger partial charge in [-0.2, -0.15) is 0 Å². The molecule has 11 nitrogen and oxygen atoms in total. The SMILES string of the molecule is Nc1[nH]c(=O)c(C(=O)O)c(-c2ccc(OC(F)(F)F)c([N+](=O)[O-])c2)c1C(=O)O. The van der Waals surface area contributed by atoms with Crippen LogP contribution in [-0.4, -0.2) is 38.4 Å². The fourth-order valence-electron chi connectivity index (χ4n) is 2.36. The Balaban J connectivity index is 2.90. The van der Waals surface area contributed by atoms with Crippen molar-refractivity contribution in [3.8, 4) is 16.9 Å². The van der Waals surface area contributed by atoms with Crippen molar-refractivity contribution >= 4 is 23.4 Å². The van der Waals surface area contributed by atoms with Crippen LogP contribution in [0.4, 0.5) is 24.7 Å². The van der Waals surface area contributed by atoms with Gasteiger partial charge in [0.2, 0.25) is 5.75 Å². The number of pyridine rings is 1. The summed E-state index contributed by atoms with van der Waals surface area (Å²) in [5.41, 5.74) is -0.552. The summed E-state index contributed by atoms with van der Waals surface area (Å²) in [7, 11) is 0. The molecule has 2 aromatic rings. The minimum absolute atomic E-state index is 0.439. The molecule has 0 spiro atoms. The number of nitrogens with two attached hydrogens (primary N) is 1. The van der Waals surface area contributed by atoms with E-state index in [4.69, 9.17) is 5.73 Å². The molecule has 0 amide bonds. The van der Waals surface area contributed by atoms with Crippen LogP contribution in [0.25, 0.3) is 11.1 Å². The summed E-state index contributed by atoms with van der Waals surface area (Å²) in [6.07, 6.45) is -5.26. The zero-order valence-electron chi connectivity index (χ0n) is 13.2. The molecule has 0 bridgehead atoms. The Hall–Kier alpha value is -4.10. The standard InChI is InChI=1S/C14H8F3N3O8/c15-14(16,17)28-6-2-1-4(3-5(6)20(26)27)7-8(12(22)23)10(18)19-11(21)9(7)13(24)25/h1-3H,(H,22,23)(H,24,25)(H3,18,19,21). The molecule has 1 aromatic carbocycles. The van der Waals surface area contributed by atoms with Gasteiger partial charge in [0.25, 0.3) is 5.56 Å². The number of carboxylic acids is 2. The van der Waals surface area contributed by atoms with Crippen molar-refractivity contribution < 1.29 is 42.6 Å². The van der Waals surface area contributed by atoms with E-state index in [1.807, 2.05) is 4.98 Å². The third-order valence-corrected chi connectivity index (χ3v) is 3.34. The molecule has 0 aliphatic heterocycles. The number of H-pyrrole nitrogens is 1. The number of rotatable bonds is 5. The Kier molecular flexibility index (Phi) is 4.98. The van der Waals surface area contributed by atoms with Crippen molar-refractivity contribution in [2.24, 2.45) is 0 Å². The number of aromatic amines is 1. The van der Waals surface area contributed by atoms with Gasteiger partial charge in [-0.05, 0) is 11.6 Å². The number of halogens is 3. The fraction of sp³-hybridized carbons (Fsp3) is 0.0714. The van der Waals surface area contributed by atoms with Crippen LogP contribution in [0.1, 0.15) is 20.7 Å². The number of nitrogens with zero attached hydrogens (tertiary/aromatic N) is 1. The van der Waals surface area contributed by atoms with Gasteiger partial charge >= 0.3 is 24.0 Å². The lowest BCUT2D eigenvalue weighted by Gasteiger charge is -2.13. The van der Waals surface area contributed by atoms with E-state index in [9.17, 15) is 47.9 Å². The summed E-state index contributed by atoms with van der Waals surface area (Å²) < 4.78 is 40.7. The van der Waals surface area contributed by atoms with Gasteiger partial charge in [0.1, 0.15) is 16.9 Å². The Morgan fingerprint density at radius 3 is 2.21 bits per heavy atom. The highest BCUT2D eigenvalue weighted by atomic mass is 19.4. The predicted octanol–water partition coefficient (Wildman–Crippen LogP) is 1.83. The minimum atomic E-state index is -5.26. The van der Waals surface area contributed by atoms with Crippen LogP contribution in [-0.2, 0) is 0 Å². The van der Waals surface area contributed by atoms with E-state index in [0.29, 0.717) is 12.1 Å². The average Bonchev–Trinajstić information content (AvgIpc) is 2.51. The normalized spacial score (nSPS) is 11.1. The monoisotopic (exact) mass is 403 g/mol. The number of nitrogen functional groups attached to an aromatic ring is 1. The van der Waals surface area contributed by atoms with Crippen LogP contribution in [0.3, 0.4) is 0 Å². The molecule has 0 saturated carbocycles. The maximum atomic E-state index is 12.4. The molecule has 0 fully saturated rings. The highest BCUT2D eigenvalue weighted by Crippen LogP contribution is 2.37.